The van der Waals surface area contributed by atoms with Crippen LogP contribution in [0.15, 0.2) is 48.5 Å². The average molecular weight is 406 g/mol. The van der Waals surface area contributed by atoms with Crippen molar-refractivity contribution < 1.29 is 9.90 Å². The van der Waals surface area contributed by atoms with Crippen molar-refractivity contribution in [2.45, 2.75) is 25.9 Å². The molecule has 3 aromatic rings. The van der Waals surface area contributed by atoms with Crippen molar-refractivity contribution in [3.63, 3.8) is 0 Å². The van der Waals surface area contributed by atoms with E-state index in [1.807, 2.05) is 12.1 Å². The molecule has 1 fully saturated rings. The highest BCUT2D eigenvalue weighted by molar-refractivity contribution is 6.03. The molecule has 1 aliphatic heterocycles. The maximum Gasteiger partial charge on any atom is 0.256 e. The number of aromatic nitrogens is 2. The topological polar surface area (TPSA) is 119 Å². The van der Waals surface area contributed by atoms with Crippen molar-refractivity contribution in [1.82, 2.24) is 15.1 Å². The molecule has 1 aromatic heterocycles. The molecule has 0 bridgehead atoms. The van der Waals surface area contributed by atoms with Gasteiger partial charge in [0.05, 0.1) is 0 Å². The SMILES string of the molecule is NC(=O)c1c(Nc2ccc(CN3CCCC3)cc2)n[nH]c1NCc1ccc(O)cc1. The summed E-state index contributed by atoms with van der Waals surface area (Å²) in [6.07, 6.45) is 2.55. The van der Waals surface area contributed by atoms with Crippen LogP contribution in [0.4, 0.5) is 17.3 Å². The van der Waals surface area contributed by atoms with E-state index >= 15 is 0 Å². The summed E-state index contributed by atoms with van der Waals surface area (Å²) < 4.78 is 0. The van der Waals surface area contributed by atoms with Crippen LogP contribution in [-0.4, -0.2) is 39.2 Å². The number of carbonyl (C=O) groups is 1. The number of primary amides is 1. The maximum atomic E-state index is 12.0. The van der Waals surface area contributed by atoms with E-state index in [4.69, 9.17) is 5.73 Å². The number of nitrogens with two attached hydrogens (primary N) is 1. The second-order valence-corrected chi connectivity index (χ2v) is 7.51. The lowest BCUT2D eigenvalue weighted by Gasteiger charge is -2.14. The highest BCUT2D eigenvalue weighted by Crippen LogP contribution is 2.25. The quantitative estimate of drug-likeness (QED) is 0.392. The minimum absolute atomic E-state index is 0.205. The lowest BCUT2D eigenvalue weighted by molar-refractivity contribution is 0.100. The molecule has 6 N–H and O–H groups in total. The standard InChI is InChI=1S/C22H26N6O2/c23-20(30)19-21(24-13-15-5-9-18(29)10-6-15)26-27-22(19)25-17-7-3-16(4-8-17)14-28-11-1-2-12-28/h3-10,29H,1-2,11-14H2,(H2,23,30)(H3,24,25,26,27). The molecule has 0 radical (unpaired) electrons. The Hall–Kier alpha value is -3.52. The van der Waals surface area contributed by atoms with Gasteiger partial charge in [-0.15, -0.1) is 0 Å². The summed E-state index contributed by atoms with van der Waals surface area (Å²) in [7, 11) is 0. The molecular weight excluding hydrogens is 380 g/mol. The Balaban J connectivity index is 1.43. The fraction of sp³-hybridized carbons (Fsp3) is 0.273. The lowest BCUT2D eigenvalue weighted by atomic mass is 10.2. The Kier molecular flexibility index (Phi) is 5.85. The van der Waals surface area contributed by atoms with Gasteiger partial charge in [0.2, 0.25) is 0 Å². The van der Waals surface area contributed by atoms with E-state index in [0.29, 0.717) is 18.2 Å². The fourth-order valence-corrected chi connectivity index (χ4v) is 3.63. The van der Waals surface area contributed by atoms with Crippen LogP contribution in [-0.2, 0) is 13.1 Å². The van der Waals surface area contributed by atoms with Gasteiger partial charge in [-0.05, 0) is 61.3 Å². The Bertz CT molecular complexity index is 991. The molecule has 30 heavy (non-hydrogen) atoms. The number of H-pyrrole nitrogens is 1. The van der Waals surface area contributed by atoms with Crippen LogP contribution >= 0.6 is 0 Å². The smallest absolute Gasteiger partial charge is 0.256 e. The highest BCUT2D eigenvalue weighted by atomic mass is 16.3. The van der Waals surface area contributed by atoms with Crippen LogP contribution in [0.2, 0.25) is 0 Å². The third-order valence-electron chi connectivity index (χ3n) is 5.24. The molecule has 0 saturated carbocycles. The number of aromatic amines is 1. The molecule has 1 aliphatic rings. The van der Waals surface area contributed by atoms with Gasteiger partial charge < -0.3 is 21.5 Å². The first-order valence-corrected chi connectivity index (χ1v) is 10.1. The van der Waals surface area contributed by atoms with Crippen molar-refractivity contribution in [1.29, 1.82) is 0 Å². The van der Waals surface area contributed by atoms with Crippen LogP contribution in [0.25, 0.3) is 0 Å². The molecule has 8 nitrogen and oxygen atoms in total. The van der Waals surface area contributed by atoms with Crippen LogP contribution in [0.5, 0.6) is 5.75 Å². The molecule has 8 heteroatoms. The van der Waals surface area contributed by atoms with E-state index < -0.39 is 5.91 Å². The molecular formula is C22H26N6O2. The summed E-state index contributed by atoms with van der Waals surface area (Å²) in [4.78, 5) is 14.5. The number of hydrogen-bond donors (Lipinski definition) is 5. The van der Waals surface area contributed by atoms with Gasteiger partial charge in [0.1, 0.15) is 17.1 Å². The van der Waals surface area contributed by atoms with Gasteiger partial charge in [-0.3, -0.25) is 14.8 Å². The number of hydrogen-bond acceptors (Lipinski definition) is 6. The number of rotatable bonds is 8. The number of amides is 1. The first-order chi connectivity index (χ1) is 14.6. The number of phenols is 1. The van der Waals surface area contributed by atoms with Gasteiger partial charge in [0, 0.05) is 18.8 Å². The predicted molar refractivity (Wildman–Crippen MR) is 117 cm³/mol. The third-order valence-corrected chi connectivity index (χ3v) is 5.24. The van der Waals surface area contributed by atoms with E-state index in [1.165, 1.54) is 18.4 Å². The first-order valence-electron chi connectivity index (χ1n) is 10.1. The molecule has 1 amide bonds. The molecule has 156 valence electrons. The van der Waals surface area contributed by atoms with Crippen LogP contribution in [0.1, 0.15) is 34.3 Å². The van der Waals surface area contributed by atoms with Gasteiger partial charge in [-0.25, -0.2) is 0 Å². The summed E-state index contributed by atoms with van der Waals surface area (Å²) in [6.45, 7) is 3.73. The summed E-state index contributed by atoms with van der Waals surface area (Å²) in [5.74, 6) is 0.452. The monoisotopic (exact) mass is 406 g/mol. The summed E-state index contributed by atoms with van der Waals surface area (Å²) >= 11 is 0. The van der Waals surface area contributed by atoms with E-state index in [1.54, 1.807) is 24.3 Å². The zero-order valence-corrected chi connectivity index (χ0v) is 16.7. The zero-order valence-electron chi connectivity index (χ0n) is 16.7. The molecule has 0 unspecified atom stereocenters. The van der Waals surface area contributed by atoms with Crippen molar-refractivity contribution in [3.05, 3.63) is 65.2 Å². The molecule has 1 saturated heterocycles. The normalized spacial score (nSPS) is 14.0. The zero-order chi connectivity index (χ0) is 20.9. The molecule has 0 aliphatic carbocycles. The highest BCUT2D eigenvalue weighted by Gasteiger charge is 2.19. The molecule has 0 spiro atoms. The molecule has 2 aromatic carbocycles. The molecule has 4 rings (SSSR count). The van der Waals surface area contributed by atoms with Gasteiger partial charge in [0.15, 0.2) is 5.82 Å². The number of nitrogens with zero attached hydrogens (tertiary/aromatic N) is 2. The van der Waals surface area contributed by atoms with Crippen molar-refractivity contribution in [3.8, 4) is 5.75 Å². The second kappa shape index (κ2) is 8.87. The number of carbonyl (C=O) groups excluding carboxylic acids is 1. The predicted octanol–water partition coefficient (Wildman–Crippen LogP) is 3.17. The fourth-order valence-electron chi connectivity index (χ4n) is 3.63. The maximum absolute atomic E-state index is 12.0. The van der Waals surface area contributed by atoms with Crippen LogP contribution in [0.3, 0.4) is 0 Å². The number of benzene rings is 2. The first kappa shape index (κ1) is 19.8. The van der Waals surface area contributed by atoms with Crippen molar-refractivity contribution in [2.24, 2.45) is 5.73 Å². The summed E-state index contributed by atoms with van der Waals surface area (Å²) in [6, 6.07) is 14.9. The summed E-state index contributed by atoms with van der Waals surface area (Å²) in [5.41, 5.74) is 8.91. The van der Waals surface area contributed by atoms with Gasteiger partial charge in [-0.1, -0.05) is 24.3 Å². The minimum Gasteiger partial charge on any atom is -0.508 e. The second-order valence-electron chi connectivity index (χ2n) is 7.51. The van der Waals surface area contributed by atoms with E-state index in [9.17, 15) is 9.90 Å². The number of anilines is 3. The Morgan fingerprint density at radius 2 is 1.73 bits per heavy atom. The Morgan fingerprint density at radius 3 is 2.40 bits per heavy atom. The van der Waals surface area contributed by atoms with Crippen molar-refractivity contribution in [2.75, 3.05) is 23.7 Å². The lowest BCUT2D eigenvalue weighted by Crippen LogP contribution is -2.18. The molecule has 0 atom stereocenters. The van der Waals surface area contributed by atoms with Crippen LogP contribution in [0, 0.1) is 0 Å². The van der Waals surface area contributed by atoms with Gasteiger partial charge >= 0.3 is 0 Å². The van der Waals surface area contributed by atoms with Crippen LogP contribution < -0.4 is 16.4 Å². The van der Waals surface area contributed by atoms with Crippen molar-refractivity contribution >= 4 is 23.2 Å². The largest absolute Gasteiger partial charge is 0.508 e. The molecule has 2 heterocycles. The number of nitrogens with one attached hydrogen (secondary N) is 3. The Labute approximate surface area is 175 Å². The van der Waals surface area contributed by atoms with E-state index in [2.05, 4.69) is 37.9 Å². The minimum atomic E-state index is -0.579. The summed E-state index contributed by atoms with van der Waals surface area (Å²) in [5, 5.41) is 22.7. The third kappa shape index (κ3) is 4.72. The average Bonchev–Trinajstić information content (AvgIpc) is 3.39. The van der Waals surface area contributed by atoms with Gasteiger partial charge in [-0.2, -0.15) is 5.10 Å². The Morgan fingerprint density at radius 1 is 1.07 bits per heavy atom. The number of aromatic hydroxyl groups is 1. The number of phenolic OH excluding ortho intramolecular Hbond substituents is 1. The van der Waals surface area contributed by atoms with E-state index in [0.717, 1.165) is 30.9 Å². The van der Waals surface area contributed by atoms with E-state index in [-0.39, 0.29) is 11.3 Å². The number of likely N-dealkylation sites (tertiary alicyclic amines) is 1. The van der Waals surface area contributed by atoms with Gasteiger partial charge in [0.25, 0.3) is 5.91 Å².